The first-order valence-electron chi connectivity index (χ1n) is 4.57. The maximum Gasteiger partial charge on any atom is 0.275 e. The molecule has 0 radical (unpaired) electrons. The van der Waals surface area contributed by atoms with Crippen LogP contribution >= 0.6 is 11.3 Å². The van der Waals surface area contributed by atoms with Gasteiger partial charge in [-0.25, -0.2) is 4.98 Å². The summed E-state index contributed by atoms with van der Waals surface area (Å²) in [6.45, 7) is 0. The van der Waals surface area contributed by atoms with Gasteiger partial charge in [-0.05, 0) is 11.4 Å². The highest BCUT2D eigenvalue weighted by Crippen LogP contribution is 2.26. The summed E-state index contributed by atoms with van der Waals surface area (Å²) in [6.07, 6.45) is 0. The van der Waals surface area contributed by atoms with Gasteiger partial charge < -0.3 is 5.32 Å². The third-order valence-electron chi connectivity index (χ3n) is 2.09. The van der Waals surface area contributed by atoms with Crippen LogP contribution in [0.2, 0.25) is 0 Å². The van der Waals surface area contributed by atoms with E-state index in [0.29, 0.717) is 11.5 Å². The standard InChI is InChI=1S/C10H9N3O2S/c1-11-10-5-8(13(14)15)4-9(12-10)7-2-3-16-6-7/h2-6H,1H3,(H,11,12). The van der Waals surface area contributed by atoms with Crippen molar-refractivity contribution in [2.75, 3.05) is 12.4 Å². The summed E-state index contributed by atoms with van der Waals surface area (Å²) in [6, 6.07) is 4.77. The molecule has 0 saturated heterocycles. The Morgan fingerprint density at radius 3 is 2.88 bits per heavy atom. The molecule has 0 unspecified atom stereocenters. The number of pyridine rings is 1. The van der Waals surface area contributed by atoms with Crippen LogP contribution in [-0.2, 0) is 0 Å². The number of thiophene rings is 1. The first-order chi connectivity index (χ1) is 7.70. The molecule has 2 aromatic heterocycles. The first kappa shape index (κ1) is 10.6. The van der Waals surface area contributed by atoms with Gasteiger partial charge in [0.1, 0.15) is 5.82 Å². The van der Waals surface area contributed by atoms with Gasteiger partial charge in [0.05, 0.1) is 16.7 Å². The number of anilines is 1. The Hall–Kier alpha value is -1.95. The van der Waals surface area contributed by atoms with E-state index in [1.165, 1.54) is 23.5 Å². The summed E-state index contributed by atoms with van der Waals surface area (Å²) < 4.78 is 0. The fraction of sp³-hybridized carbons (Fsp3) is 0.100. The van der Waals surface area contributed by atoms with E-state index in [9.17, 15) is 10.1 Å². The highest BCUT2D eigenvalue weighted by molar-refractivity contribution is 7.08. The Bertz CT molecular complexity index is 511. The monoisotopic (exact) mass is 235 g/mol. The Morgan fingerprint density at radius 2 is 2.31 bits per heavy atom. The van der Waals surface area contributed by atoms with Crippen LogP contribution in [0.3, 0.4) is 0 Å². The molecule has 0 atom stereocenters. The van der Waals surface area contributed by atoms with Crippen LogP contribution in [0.4, 0.5) is 11.5 Å². The average molecular weight is 235 g/mol. The number of aromatic nitrogens is 1. The van der Waals surface area contributed by atoms with E-state index in [-0.39, 0.29) is 5.69 Å². The predicted molar refractivity (Wildman–Crippen MR) is 63.8 cm³/mol. The molecule has 16 heavy (non-hydrogen) atoms. The molecule has 5 nitrogen and oxygen atoms in total. The molecule has 0 saturated carbocycles. The SMILES string of the molecule is CNc1cc([N+](=O)[O-])cc(-c2ccsc2)n1. The van der Waals surface area contributed by atoms with Gasteiger partial charge in [0.15, 0.2) is 0 Å². The fourth-order valence-electron chi connectivity index (χ4n) is 1.31. The molecule has 1 N–H and O–H groups in total. The van der Waals surface area contributed by atoms with E-state index >= 15 is 0 Å². The fourth-order valence-corrected chi connectivity index (χ4v) is 1.96. The van der Waals surface area contributed by atoms with Gasteiger partial charge in [0.2, 0.25) is 0 Å². The predicted octanol–water partition coefficient (Wildman–Crippen LogP) is 2.76. The highest BCUT2D eigenvalue weighted by Gasteiger charge is 2.11. The van der Waals surface area contributed by atoms with E-state index in [1.807, 2.05) is 16.8 Å². The number of nitro groups is 1. The summed E-state index contributed by atoms with van der Waals surface area (Å²) in [5.74, 6) is 0.496. The molecular weight excluding hydrogens is 226 g/mol. The summed E-state index contributed by atoms with van der Waals surface area (Å²) in [5.41, 5.74) is 1.55. The molecule has 0 aliphatic carbocycles. The minimum absolute atomic E-state index is 0.0422. The minimum Gasteiger partial charge on any atom is -0.373 e. The van der Waals surface area contributed by atoms with Crippen LogP contribution in [-0.4, -0.2) is 17.0 Å². The number of nitrogens with zero attached hydrogens (tertiary/aromatic N) is 2. The minimum atomic E-state index is -0.418. The highest BCUT2D eigenvalue weighted by atomic mass is 32.1. The third-order valence-corrected chi connectivity index (χ3v) is 2.78. The van der Waals surface area contributed by atoms with Crippen molar-refractivity contribution in [3.63, 3.8) is 0 Å². The van der Waals surface area contributed by atoms with Crippen molar-refractivity contribution in [2.45, 2.75) is 0 Å². The zero-order valence-electron chi connectivity index (χ0n) is 8.51. The lowest BCUT2D eigenvalue weighted by molar-refractivity contribution is -0.384. The topological polar surface area (TPSA) is 68.1 Å². The quantitative estimate of drug-likeness (QED) is 0.656. The van der Waals surface area contributed by atoms with E-state index in [1.54, 1.807) is 7.05 Å². The van der Waals surface area contributed by atoms with Gasteiger partial charge in [-0.1, -0.05) is 0 Å². The van der Waals surface area contributed by atoms with Gasteiger partial charge in [0.25, 0.3) is 5.69 Å². The summed E-state index contributed by atoms with van der Waals surface area (Å²) in [4.78, 5) is 14.6. The first-order valence-corrected chi connectivity index (χ1v) is 5.52. The van der Waals surface area contributed by atoms with Crippen LogP contribution in [0, 0.1) is 10.1 Å². The van der Waals surface area contributed by atoms with Crippen molar-refractivity contribution in [3.05, 3.63) is 39.1 Å². The molecule has 82 valence electrons. The van der Waals surface area contributed by atoms with E-state index in [0.717, 1.165) is 5.56 Å². The van der Waals surface area contributed by atoms with E-state index < -0.39 is 4.92 Å². The number of rotatable bonds is 3. The lowest BCUT2D eigenvalue weighted by Gasteiger charge is -2.02. The van der Waals surface area contributed by atoms with Gasteiger partial charge in [-0.2, -0.15) is 11.3 Å². The summed E-state index contributed by atoms with van der Waals surface area (Å²) in [5, 5.41) is 17.4. The number of nitrogens with one attached hydrogen (secondary N) is 1. The van der Waals surface area contributed by atoms with Gasteiger partial charge >= 0.3 is 0 Å². The Morgan fingerprint density at radius 1 is 1.50 bits per heavy atom. The maximum atomic E-state index is 10.7. The molecule has 2 rings (SSSR count). The molecule has 0 bridgehead atoms. The molecule has 0 aromatic carbocycles. The molecule has 2 heterocycles. The summed E-state index contributed by atoms with van der Waals surface area (Å²) in [7, 11) is 1.68. The van der Waals surface area contributed by atoms with Crippen molar-refractivity contribution in [1.82, 2.24) is 4.98 Å². The normalized spacial score (nSPS) is 10.1. The second kappa shape index (κ2) is 4.28. The van der Waals surface area contributed by atoms with Crippen molar-refractivity contribution >= 4 is 22.8 Å². The lowest BCUT2D eigenvalue weighted by Crippen LogP contribution is -1.97. The molecule has 0 aliphatic rings. The van der Waals surface area contributed by atoms with Crippen molar-refractivity contribution < 1.29 is 4.92 Å². The van der Waals surface area contributed by atoms with Crippen LogP contribution < -0.4 is 5.32 Å². The maximum absolute atomic E-state index is 10.7. The Labute approximate surface area is 95.9 Å². The van der Waals surface area contributed by atoms with Crippen molar-refractivity contribution in [1.29, 1.82) is 0 Å². The number of hydrogen-bond donors (Lipinski definition) is 1. The average Bonchev–Trinajstić information content (AvgIpc) is 2.81. The molecular formula is C10H9N3O2S. The largest absolute Gasteiger partial charge is 0.373 e. The van der Waals surface area contributed by atoms with Crippen LogP contribution in [0.15, 0.2) is 29.0 Å². The lowest BCUT2D eigenvalue weighted by atomic mass is 10.2. The molecule has 0 amide bonds. The third kappa shape index (κ3) is 2.01. The van der Waals surface area contributed by atoms with Gasteiger partial charge in [-0.15, -0.1) is 0 Å². The number of hydrogen-bond acceptors (Lipinski definition) is 5. The zero-order chi connectivity index (χ0) is 11.5. The van der Waals surface area contributed by atoms with Crippen molar-refractivity contribution in [2.24, 2.45) is 0 Å². The second-order valence-corrected chi connectivity index (χ2v) is 3.89. The Kier molecular flexibility index (Phi) is 2.82. The Balaban J connectivity index is 2.53. The smallest absolute Gasteiger partial charge is 0.275 e. The molecule has 0 spiro atoms. The van der Waals surface area contributed by atoms with Crippen LogP contribution in [0.25, 0.3) is 11.3 Å². The summed E-state index contributed by atoms with van der Waals surface area (Å²) >= 11 is 1.53. The molecule has 0 aliphatic heterocycles. The van der Waals surface area contributed by atoms with Crippen LogP contribution in [0.5, 0.6) is 0 Å². The zero-order valence-corrected chi connectivity index (χ0v) is 9.32. The van der Waals surface area contributed by atoms with E-state index in [4.69, 9.17) is 0 Å². The molecule has 6 heteroatoms. The second-order valence-electron chi connectivity index (χ2n) is 3.11. The van der Waals surface area contributed by atoms with Gasteiger partial charge in [-0.3, -0.25) is 10.1 Å². The van der Waals surface area contributed by atoms with Gasteiger partial charge in [0, 0.05) is 24.1 Å². The molecule has 0 fully saturated rings. The van der Waals surface area contributed by atoms with Crippen LogP contribution in [0.1, 0.15) is 0 Å². The van der Waals surface area contributed by atoms with E-state index in [2.05, 4.69) is 10.3 Å². The molecule has 2 aromatic rings. The van der Waals surface area contributed by atoms with Crippen molar-refractivity contribution in [3.8, 4) is 11.3 Å².